The zero-order valence-electron chi connectivity index (χ0n) is 14.8. The molecular formula is C20H17BrN2O3S. The van der Waals surface area contributed by atoms with Crippen molar-refractivity contribution in [1.29, 1.82) is 0 Å². The van der Waals surface area contributed by atoms with Gasteiger partial charge in [0.25, 0.3) is 0 Å². The van der Waals surface area contributed by atoms with Crippen molar-refractivity contribution in [3.05, 3.63) is 64.6 Å². The van der Waals surface area contributed by atoms with Crippen LogP contribution in [0.2, 0.25) is 0 Å². The normalized spacial score (nSPS) is 10.5. The van der Waals surface area contributed by atoms with Gasteiger partial charge in [0.2, 0.25) is 0 Å². The number of ketones is 1. The average Bonchev–Trinajstić information content (AvgIpc) is 2.72. The molecule has 0 bridgehead atoms. The smallest absolute Gasteiger partial charge is 0.177 e. The summed E-state index contributed by atoms with van der Waals surface area (Å²) in [5, 5.41) is 9.15. The summed E-state index contributed by atoms with van der Waals surface area (Å²) in [5.74, 6) is 1.31. The fraction of sp³-hybridized carbons (Fsp3) is 0.150. The predicted octanol–water partition coefficient (Wildman–Crippen LogP) is 4.90. The second-order valence-corrected chi connectivity index (χ2v) is 7.45. The third-order valence-corrected chi connectivity index (χ3v) is 5.29. The van der Waals surface area contributed by atoms with Crippen molar-refractivity contribution < 1.29 is 14.3 Å². The number of thioether (sulfide) groups is 1. The number of ether oxygens (including phenoxy) is 2. The first-order valence-electron chi connectivity index (χ1n) is 8.08. The number of rotatable bonds is 7. The van der Waals surface area contributed by atoms with Crippen molar-refractivity contribution in [2.45, 2.75) is 5.03 Å². The fourth-order valence-corrected chi connectivity index (χ4v) is 3.38. The number of Topliss-reactive ketones (excluding diaryl/α,β-unsaturated/α-hetero) is 1. The topological polar surface area (TPSA) is 61.3 Å². The lowest BCUT2D eigenvalue weighted by molar-refractivity contribution is 0.101. The van der Waals surface area contributed by atoms with Crippen LogP contribution in [-0.2, 0) is 0 Å². The predicted molar refractivity (Wildman–Crippen MR) is 110 cm³/mol. The van der Waals surface area contributed by atoms with E-state index >= 15 is 0 Å². The molecule has 1 heterocycles. The molecule has 1 aromatic heterocycles. The van der Waals surface area contributed by atoms with Crippen LogP contribution in [0, 0.1) is 0 Å². The van der Waals surface area contributed by atoms with Crippen LogP contribution in [-0.4, -0.2) is 36.0 Å². The van der Waals surface area contributed by atoms with Crippen LogP contribution in [0.3, 0.4) is 0 Å². The minimum Gasteiger partial charge on any atom is -0.497 e. The maximum Gasteiger partial charge on any atom is 0.177 e. The van der Waals surface area contributed by atoms with Crippen molar-refractivity contribution in [3.63, 3.8) is 0 Å². The number of halogens is 1. The summed E-state index contributed by atoms with van der Waals surface area (Å²) in [6.45, 7) is 0. The molecule has 0 aliphatic heterocycles. The zero-order chi connectivity index (χ0) is 19.2. The highest BCUT2D eigenvalue weighted by Gasteiger charge is 2.14. The lowest BCUT2D eigenvalue weighted by Gasteiger charge is -2.09. The van der Waals surface area contributed by atoms with Gasteiger partial charge >= 0.3 is 0 Å². The number of hydrogen-bond donors (Lipinski definition) is 0. The minimum absolute atomic E-state index is 0.0606. The maximum absolute atomic E-state index is 12.6. The summed E-state index contributed by atoms with van der Waals surface area (Å²) >= 11 is 4.75. The molecule has 0 amide bonds. The van der Waals surface area contributed by atoms with Crippen molar-refractivity contribution in [1.82, 2.24) is 10.2 Å². The highest BCUT2D eigenvalue weighted by molar-refractivity contribution is 9.10. The van der Waals surface area contributed by atoms with Crippen molar-refractivity contribution in [2.75, 3.05) is 20.0 Å². The zero-order valence-corrected chi connectivity index (χ0v) is 17.2. The molecule has 3 rings (SSSR count). The van der Waals surface area contributed by atoms with Crippen LogP contribution >= 0.6 is 27.7 Å². The average molecular weight is 445 g/mol. The lowest BCUT2D eigenvalue weighted by Crippen LogP contribution is -2.06. The van der Waals surface area contributed by atoms with E-state index < -0.39 is 0 Å². The summed E-state index contributed by atoms with van der Waals surface area (Å²) < 4.78 is 11.5. The third kappa shape index (κ3) is 4.87. The molecule has 27 heavy (non-hydrogen) atoms. The van der Waals surface area contributed by atoms with Crippen molar-refractivity contribution >= 4 is 33.5 Å². The van der Waals surface area contributed by atoms with E-state index in [1.165, 1.54) is 18.9 Å². The molecule has 2 aromatic carbocycles. The number of methoxy groups -OCH3 is 2. The fourth-order valence-electron chi connectivity index (χ4n) is 2.42. The van der Waals surface area contributed by atoms with Crippen molar-refractivity contribution in [2.24, 2.45) is 0 Å². The van der Waals surface area contributed by atoms with Gasteiger partial charge in [0, 0.05) is 10.0 Å². The summed E-state index contributed by atoms with van der Waals surface area (Å²) in [7, 11) is 3.10. The molecule has 0 saturated carbocycles. The molecule has 0 aliphatic rings. The molecular weight excluding hydrogens is 428 g/mol. The number of aromatic nitrogens is 2. The summed E-state index contributed by atoms with van der Waals surface area (Å²) in [6, 6.07) is 16.8. The molecule has 0 saturated heterocycles. The van der Waals surface area contributed by atoms with Gasteiger partial charge in [0.05, 0.1) is 31.2 Å². The molecule has 0 fully saturated rings. The Morgan fingerprint density at radius 3 is 2.41 bits per heavy atom. The third-order valence-electron chi connectivity index (χ3n) is 3.84. The van der Waals surface area contributed by atoms with Crippen LogP contribution in [0.1, 0.15) is 10.4 Å². The molecule has 138 valence electrons. The highest BCUT2D eigenvalue weighted by atomic mass is 79.9. The summed E-state index contributed by atoms with van der Waals surface area (Å²) in [5.41, 5.74) is 2.26. The summed E-state index contributed by atoms with van der Waals surface area (Å²) in [4.78, 5) is 12.6. The Hall–Kier alpha value is -2.38. The van der Waals surface area contributed by atoms with Gasteiger partial charge in [-0.1, -0.05) is 39.8 Å². The van der Waals surface area contributed by atoms with E-state index in [4.69, 9.17) is 9.47 Å². The van der Waals surface area contributed by atoms with Gasteiger partial charge in [-0.3, -0.25) is 4.79 Å². The van der Waals surface area contributed by atoms with Gasteiger partial charge in [0.15, 0.2) is 5.78 Å². The van der Waals surface area contributed by atoms with Gasteiger partial charge in [0.1, 0.15) is 16.5 Å². The number of carbonyl (C=O) groups is 1. The second-order valence-electron chi connectivity index (χ2n) is 5.54. The van der Waals surface area contributed by atoms with Crippen molar-refractivity contribution in [3.8, 4) is 22.8 Å². The molecule has 0 unspecified atom stereocenters. The number of hydrogen-bond acceptors (Lipinski definition) is 6. The number of nitrogens with zero attached hydrogens (tertiary/aromatic N) is 2. The van der Waals surface area contributed by atoms with E-state index in [0.29, 0.717) is 22.1 Å². The Balaban J connectivity index is 1.68. The first-order valence-corrected chi connectivity index (χ1v) is 9.86. The van der Waals surface area contributed by atoms with Crippen LogP contribution in [0.4, 0.5) is 0 Å². The molecule has 3 aromatic rings. The molecule has 7 heteroatoms. The van der Waals surface area contributed by atoms with Crippen LogP contribution in [0.5, 0.6) is 11.5 Å². The number of carbonyl (C=O) groups excluding carboxylic acids is 1. The van der Waals surface area contributed by atoms with Crippen LogP contribution in [0.25, 0.3) is 11.3 Å². The largest absolute Gasteiger partial charge is 0.497 e. The maximum atomic E-state index is 12.6. The lowest BCUT2D eigenvalue weighted by atomic mass is 10.1. The minimum atomic E-state index is -0.0606. The Morgan fingerprint density at radius 2 is 1.78 bits per heavy atom. The van der Waals surface area contributed by atoms with E-state index in [9.17, 15) is 4.79 Å². The van der Waals surface area contributed by atoms with E-state index in [-0.39, 0.29) is 11.5 Å². The standard InChI is InChI=1S/C20H17BrN2O3S/c1-25-15-7-9-19(26-2)16(11-15)18(24)12-27-20-10-8-17(22-23-20)13-3-5-14(21)6-4-13/h3-11H,12H2,1-2H3. The summed E-state index contributed by atoms with van der Waals surface area (Å²) in [6.07, 6.45) is 0. The Kier molecular flexibility index (Phi) is 6.47. The van der Waals surface area contributed by atoms with E-state index in [2.05, 4.69) is 26.1 Å². The monoisotopic (exact) mass is 444 g/mol. The van der Waals surface area contributed by atoms with Gasteiger partial charge in [-0.05, 0) is 42.5 Å². The molecule has 0 N–H and O–H groups in total. The van der Waals surface area contributed by atoms with Gasteiger partial charge in [-0.15, -0.1) is 10.2 Å². The Bertz CT molecular complexity index is 931. The van der Waals surface area contributed by atoms with E-state index in [1.54, 1.807) is 25.3 Å². The second kappa shape index (κ2) is 9.01. The molecule has 0 aliphatic carbocycles. The van der Waals surface area contributed by atoms with E-state index in [0.717, 1.165) is 15.7 Å². The number of benzene rings is 2. The van der Waals surface area contributed by atoms with Crippen LogP contribution < -0.4 is 9.47 Å². The molecule has 0 radical (unpaired) electrons. The first-order chi connectivity index (χ1) is 13.1. The highest BCUT2D eigenvalue weighted by Crippen LogP contribution is 2.27. The Morgan fingerprint density at radius 1 is 1.00 bits per heavy atom. The van der Waals surface area contributed by atoms with Gasteiger partial charge < -0.3 is 9.47 Å². The molecule has 0 spiro atoms. The van der Waals surface area contributed by atoms with Gasteiger partial charge in [-0.2, -0.15) is 0 Å². The quantitative estimate of drug-likeness (QED) is 0.381. The van der Waals surface area contributed by atoms with Gasteiger partial charge in [-0.25, -0.2) is 0 Å². The molecule has 5 nitrogen and oxygen atoms in total. The SMILES string of the molecule is COc1ccc(OC)c(C(=O)CSc2ccc(-c3ccc(Br)cc3)nn2)c1. The van der Waals surface area contributed by atoms with Crippen LogP contribution in [0.15, 0.2) is 64.1 Å². The first kappa shape index (κ1) is 19.4. The Labute approximate surface area is 170 Å². The van der Waals surface area contributed by atoms with E-state index in [1.807, 2.05) is 36.4 Å². The molecule has 0 atom stereocenters.